The SMILES string of the molecule is CCS(=O)(=O)CC(=O)N1CCCC[C@@H]1C(=O)O. The molecule has 0 aliphatic carbocycles. The third-order valence-electron chi connectivity index (χ3n) is 2.89. The highest BCUT2D eigenvalue weighted by Crippen LogP contribution is 2.17. The van der Waals surface area contributed by atoms with Crippen LogP contribution >= 0.6 is 0 Å². The molecule has 1 heterocycles. The Kier molecular flexibility index (Phi) is 4.50. The van der Waals surface area contributed by atoms with Gasteiger partial charge in [-0.2, -0.15) is 0 Å². The number of carboxylic acid groups (broad SMARTS) is 1. The molecule has 0 unspecified atom stereocenters. The molecule has 0 aromatic rings. The lowest BCUT2D eigenvalue weighted by molar-refractivity contribution is -0.151. The number of carbonyl (C=O) groups is 2. The Morgan fingerprint density at radius 1 is 1.35 bits per heavy atom. The van der Waals surface area contributed by atoms with Crippen molar-refractivity contribution in [2.24, 2.45) is 0 Å². The van der Waals surface area contributed by atoms with Crippen molar-refractivity contribution in [3.8, 4) is 0 Å². The van der Waals surface area contributed by atoms with E-state index in [1.54, 1.807) is 0 Å². The fourth-order valence-corrected chi connectivity index (χ4v) is 2.61. The molecule has 1 fully saturated rings. The molecule has 1 saturated heterocycles. The zero-order valence-corrected chi connectivity index (χ0v) is 10.6. The molecule has 1 rings (SSSR count). The predicted octanol–water partition coefficient (Wildman–Crippen LogP) is -0.113. The molecular weight excluding hydrogens is 246 g/mol. The minimum atomic E-state index is -3.40. The number of amides is 1. The van der Waals surface area contributed by atoms with Crippen molar-refractivity contribution in [2.75, 3.05) is 18.1 Å². The molecule has 0 saturated carbocycles. The van der Waals surface area contributed by atoms with Gasteiger partial charge in [-0.3, -0.25) is 4.79 Å². The zero-order valence-electron chi connectivity index (χ0n) is 9.76. The van der Waals surface area contributed by atoms with E-state index >= 15 is 0 Å². The molecule has 1 aliphatic rings. The standard InChI is InChI=1S/C10H17NO5S/c1-2-17(15,16)7-9(12)11-6-4-3-5-8(11)10(13)14/h8H,2-7H2,1H3,(H,13,14)/t8-/m1/s1. The quantitative estimate of drug-likeness (QED) is 0.764. The molecule has 98 valence electrons. The van der Waals surface area contributed by atoms with Crippen molar-refractivity contribution in [2.45, 2.75) is 32.2 Å². The van der Waals surface area contributed by atoms with E-state index < -0.39 is 33.5 Å². The van der Waals surface area contributed by atoms with E-state index in [0.29, 0.717) is 13.0 Å². The summed E-state index contributed by atoms with van der Waals surface area (Å²) < 4.78 is 22.7. The zero-order chi connectivity index (χ0) is 13.1. The molecule has 1 N–H and O–H groups in total. The molecule has 1 atom stereocenters. The van der Waals surface area contributed by atoms with Crippen LogP contribution in [0.2, 0.25) is 0 Å². The average Bonchev–Trinajstić information content (AvgIpc) is 2.28. The van der Waals surface area contributed by atoms with Crippen LogP contribution in [0.5, 0.6) is 0 Å². The fourth-order valence-electron chi connectivity index (χ4n) is 1.86. The molecule has 17 heavy (non-hydrogen) atoms. The van der Waals surface area contributed by atoms with E-state index in [0.717, 1.165) is 12.8 Å². The Bertz CT molecular complexity index is 403. The molecule has 0 bridgehead atoms. The summed E-state index contributed by atoms with van der Waals surface area (Å²) in [5.74, 6) is -2.36. The first-order valence-electron chi connectivity index (χ1n) is 5.60. The van der Waals surface area contributed by atoms with Crippen LogP contribution in [-0.4, -0.2) is 54.4 Å². The second kappa shape index (κ2) is 5.48. The lowest BCUT2D eigenvalue weighted by atomic mass is 10.0. The summed E-state index contributed by atoms with van der Waals surface area (Å²) in [6, 6.07) is -0.872. The maximum atomic E-state index is 11.8. The summed E-state index contributed by atoms with van der Waals surface area (Å²) in [6.07, 6.45) is 1.87. The normalized spacial score (nSPS) is 21.2. The van der Waals surface area contributed by atoms with Crippen molar-refractivity contribution in [3.05, 3.63) is 0 Å². The lowest BCUT2D eigenvalue weighted by Gasteiger charge is -2.32. The summed E-state index contributed by atoms with van der Waals surface area (Å²) in [5, 5.41) is 8.97. The number of nitrogens with zero attached hydrogens (tertiary/aromatic N) is 1. The van der Waals surface area contributed by atoms with Crippen molar-refractivity contribution in [1.82, 2.24) is 4.90 Å². The van der Waals surface area contributed by atoms with Crippen LogP contribution in [0.4, 0.5) is 0 Å². The Morgan fingerprint density at radius 2 is 2.00 bits per heavy atom. The number of carboxylic acids is 1. The van der Waals surface area contributed by atoms with Crippen molar-refractivity contribution in [1.29, 1.82) is 0 Å². The van der Waals surface area contributed by atoms with Crippen LogP contribution in [0.25, 0.3) is 0 Å². The Balaban J connectivity index is 2.75. The van der Waals surface area contributed by atoms with Crippen LogP contribution in [0.1, 0.15) is 26.2 Å². The highest BCUT2D eigenvalue weighted by atomic mass is 32.2. The van der Waals surface area contributed by atoms with Gasteiger partial charge in [0.25, 0.3) is 0 Å². The van der Waals surface area contributed by atoms with Gasteiger partial charge >= 0.3 is 5.97 Å². The number of sulfone groups is 1. The van der Waals surface area contributed by atoms with Gasteiger partial charge in [0, 0.05) is 12.3 Å². The number of piperidine rings is 1. The molecule has 0 radical (unpaired) electrons. The van der Waals surface area contributed by atoms with Gasteiger partial charge in [-0.1, -0.05) is 6.92 Å². The second-order valence-electron chi connectivity index (χ2n) is 4.11. The highest BCUT2D eigenvalue weighted by molar-refractivity contribution is 7.92. The maximum absolute atomic E-state index is 11.8. The fraction of sp³-hybridized carbons (Fsp3) is 0.800. The molecule has 1 aliphatic heterocycles. The third-order valence-corrected chi connectivity index (χ3v) is 4.46. The first-order valence-corrected chi connectivity index (χ1v) is 7.42. The van der Waals surface area contributed by atoms with Gasteiger partial charge < -0.3 is 10.0 Å². The second-order valence-corrected chi connectivity index (χ2v) is 6.47. The Morgan fingerprint density at radius 3 is 2.53 bits per heavy atom. The van der Waals surface area contributed by atoms with Crippen molar-refractivity contribution < 1.29 is 23.1 Å². The summed E-state index contributed by atoms with van der Waals surface area (Å²) in [4.78, 5) is 23.9. The van der Waals surface area contributed by atoms with E-state index in [4.69, 9.17) is 5.11 Å². The van der Waals surface area contributed by atoms with E-state index in [-0.39, 0.29) is 5.75 Å². The van der Waals surface area contributed by atoms with Gasteiger partial charge in [0.2, 0.25) is 5.91 Å². The largest absolute Gasteiger partial charge is 0.480 e. The molecule has 6 nitrogen and oxygen atoms in total. The van der Waals surface area contributed by atoms with Crippen molar-refractivity contribution in [3.63, 3.8) is 0 Å². The van der Waals surface area contributed by atoms with E-state index in [1.165, 1.54) is 11.8 Å². The molecule has 7 heteroatoms. The molecule has 0 aromatic carbocycles. The molecule has 1 amide bonds. The summed E-state index contributed by atoms with van der Waals surface area (Å²) in [7, 11) is -3.40. The Labute approximate surface area is 101 Å². The van der Waals surface area contributed by atoms with E-state index in [9.17, 15) is 18.0 Å². The Hall–Kier alpha value is -1.11. The minimum absolute atomic E-state index is 0.107. The molecular formula is C10H17NO5S. The third kappa shape index (κ3) is 3.69. The topological polar surface area (TPSA) is 91.8 Å². The molecule has 0 spiro atoms. The van der Waals surface area contributed by atoms with Gasteiger partial charge in [0.1, 0.15) is 11.8 Å². The number of likely N-dealkylation sites (tertiary alicyclic amines) is 1. The number of aliphatic carboxylic acids is 1. The highest BCUT2D eigenvalue weighted by Gasteiger charge is 2.33. The lowest BCUT2D eigenvalue weighted by Crippen LogP contribution is -2.49. The van der Waals surface area contributed by atoms with Crippen LogP contribution in [0.3, 0.4) is 0 Å². The summed E-state index contributed by atoms with van der Waals surface area (Å²) >= 11 is 0. The van der Waals surface area contributed by atoms with E-state index in [1.807, 2.05) is 0 Å². The maximum Gasteiger partial charge on any atom is 0.326 e. The van der Waals surface area contributed by atoms with Gasteiger partial charge in [-0.25, -0.2) is 13.2 Å². The molecule has 0 aromatic heterocycles. The minimum Gasteiger partial charge on any atom is -0.480 e. The van der Waals surface area contributed by atoms with Crippen molar-refractivity contribution >= 4 is 21.7 Å². The first-order chi connectivity index (χ1) is 7.87. The predicted molar refractivity (Wildman–Crippen MR) is 61.3 cm³/mol. The first kappa shape index (κ1) is 14.0. The number of hydrogen-bond acceptors (Lipinski definition) is 4. The van der Waals surface area contributed by atoms with Gasteiger partial charge in [0.15, 0.2) is 9.84 Å². The van der Waals surface area contributed by atoms with Crippen LogP contribution < -0.4 is 0 Å². The van der Waals surface area contributed by atoms with Gasteiger partial charge in [-0.05, 0) is 19.3 Å². The summed E-state index contributed by atoms with van der Waals surface area (Å²) in [6.45, 7) is 1.79. The smallest absolute Gasteiger partial charge is 0.326 e. The van der Waals surface area contributed by atoms with E-state index in [2.05, 4.69) is 0 Å². The van der Waals surface area contributed by atoms with Crippen LogP contribution in [-0.2, 0) is 19.4 Å². The monoisotopic (exact) mass is 263 g/mol. The average molecular weight is 263 g/mol. The number of carbonyl (C=O) groups excluding carboxylic acids is 1. The number of hydrogen-bond donors (Lipinski definition) is 1. The van der Waals surface area contributed by atoms with Crippen LogP contribution in [0.15, 0.2) is 0 Å². The van der Waals surface area contributed by atoms with Crippen LogP contribution in [0, 0.1) is 0 Å². The number of rotatable bonds is 4. The van der Waals surface area contributed by atoms with Gasteiger partial charge in [0.05, 0.1) is 0 Å². The summed E-state index contributed by atoms with van der Waals surface area (Å²) in [5.41, 5.74) is 0. The van der Waals surface area contributed by atoms with Gasteiger partial charge in [-0.15, -0.1) is 0 Å².